The number of nitrogens with two attached hydrogens (primary N) is 2. The minimum Gasteiger partial charge on any atom is -0.481 e. The lowest BCUT2D eigenvalue weighted by atomic mass is 10.0. The van der Waals surface area contributed by atoms with Crippen molar-refractivity contribution in [1.82, 2.24) is 0 Å². The summed E-state index contributed by atoms with van der Waals surface area (Å²) in [5, 5.41) is 16.8. The molecule has 0 aliphatic heterocycles. The Morgan fingerprint density at radius 2 is 1.06 bits per heavy atom. The average molecular weight is 498 g/mol. The highest BCUT2D eigenvalue weighted by Crippen LogP contribution is 2.49. The number of halogens is 6. The number of hydrogen-bond donors (Lipinski definition) is 4. The van der Waals surface area contributed by atoms with Gasteiger partial charge in [-0.15, -0.1) is 0 Å². The zero-order valence-electron chi connectivity index (χ0n) is 17.1. The molecule has 0 aromatic carbocycles. The molecule has 10 nitrogen and oxygen atoms in total. The predicted molar refractivity (Wildman–Crippen MR) is 95.2 cm³/mol. The topological polar surface area (TPSA) is 179 Å². The molecule has 0 aromatic heterocycles. The monoisotopic (exact) mass is 498 g/mol. The first kappa shape index (κ1) is 30.4. The van der Waals surface area contributed by atoms with E-state index < -0.39 is 73.4 Å². The van der Waals surface area contributed by atoms with Gasteiger partial charge in [-0.2, -0.15) is 26.3 Å². The van der Waals surface area contributed by atoms with E-state index in [1.807, 2.05) is 0 Å². The highest BCUT2D eigenvalue weighted by molar-refractivity contribution is 5.70. The second-order valence-electron chi connectivity index (χ2n) is 6.98. The molecule has 0 aliphatic carbocycles. The number of ether oxygens (including phenoxy) is 2. The zero-order chi connectivity index (χ0) is 26.1. The molecule has 192 valence electrons. The second-order valence-corrected chi connectivity index (χ2v) is 6.98. The number of unbranched alkanes of at least 4 members (excludes halogenated alkanes) is 2. The molecule has 0 radical (unpaired) electrons. The summed E-state index contributed by atoms with van der Waals surface area (Å²) in [5.41, 5.74) is 9.43. The Hall–Kier alpha value is -2.62. The van der Waals surface area contributed by atoms with Crippen LogP contribution in [0.5, 0.6) is 0 Å². The molecule has 0 atom stereocenters. The fourth-order valence-electron chi connectivity index (χ4n) is 2.20. The number of aliphatic carboxylic acids is 2. The van der Waals surface area contributed by atoms with Crippen molar-refractivity contribution in [2.45, 2.75) is 75.0 Å². The van der Waals surface area contributed by atoms with Crippen molar-refractivity contribution < 1.29 is 65.2 Å². The Bertz CT molecular complexity index is 718. The summed E-state index contributed by atoms with van der Waals surface area (Å²) in [6.45, 7) is -2.49. The van der Waals surface area contributed by atoms with Gasteiger partial charge >= 0.3 is 41.6 Å². The molecule has 0 fully saturated rings. The first-order valence-corrected chi connectivity index (χ1v) is 9.39. The largest absolute Gasteiger partial charge is 0.481 e. The van der Waals surface area contributed by atoms with Crippen molar-refractivity contribution in [2.24, 2.45) is 11.5 Å². The van der Waals surface area contributed by atoms with Crippen LogP contribution in [0.25, 0.3) is 0 Å². The van der Waals surface area contributed by atoms with Crippen LogP contribution in [-0.4, -0.2) is 64.3 Å². The second kappa shape index (κ2) is 12.0. The van der Waals surface area contributed by atoms with Gasteiger partial charge in [0, 0.05) is 25.7 Å². The van der Waals surface area contributed by atoms with E-state index in [-0.39, 0.29) is 32.1 Å². The molecule has 0 aliphatic rings. The van der Waals surface area contributed by atoms with E-state index in [4.69, 9.17) is 21.7 Å². The van der Waals surface area contributed by atoms with E-state index in [2.05, 4.69) is 9.47 Å². The summed E-state index contributed by atoms with van der Waals surface area (Å²) in [7, 11) is 0. The first-order chi connectivity index (χ1) is 14.9. The molecule has 0 aromatic rings. The van der Waals surface area contributed by atoms with Crippen LogP contribution in [0.2, 0.25) is 0 Å². The molecule has 0 spiro atoms. The maximum atomic E-state index is 14.1. The number of carboxylic acids is 2. The molecule has 0 unspecified atom stereocenters. The van der Waals surface area contributed by atoms with Gasteiger partial charge in [0.2, 0.25) is 0 Å². The Morgan fingerprint density at radius 1 is 0.667 bits per heavy atom. The lowest BCUT2D eigenvalue weighted by Gasteiger charge is -2.39. The van der Waals surface area contributed by atoms with Crippen LogP contribution in [0.4, 0.5) is 26.3 Å². The van der Waals surface area contributed by atoms with E-state index in [1.54, 1.807) is 0 Å². The summed E-state index contributed by atoms with van der Waals surface area (Å²) in [6.07, 6.45) is -2.71. The van der Waals surface area contributed by atoms with Crippen LogP contribution in [0.15, 0.2) is 0 Å². The first-order valence-electron chi connectivity index (χ1n) is 9.39. The summed E-state index contributed by atoms with van der Waals surface area (Å²) in [4.78, 5) is 43.5. The van der Waals surface area contributed by atoms with Gasteiger partial charge in [-0.25, -0.2) is 0 Å². The van der Waals surface area contributed by atoms with Crippen molar-refractivity contribution in [3.63, 3.8) is 0 Å². The normalized spacial score (nSPS) is 12.8. The quantitative estimate of drug-likeness (QED) is 0.106. The van der Waals surface area contributed by atoms with E-state index in [0.717, 1.165) is 0 Å². The molecular formula is C17H24F6N2O8. The summed E-state index contributed by atoms with van der Waals surface area (Å²) >= 11 is 0. The maximum Gasteiger partial charge on any atom is 0.382 e. The predicted octanol–water partition coefficient (Wildman–Crippen LogP) is 1.84. The molecule has 0 saturated carbocycles. The molecule has 16 heteroatoms. The molecule has 0 rings (SSSR count). The fourth-order valence-corrected chi connectivity index (χ4v) is 2.20. The highest BCUT2D eigenvalue weighted by atomic mass is 19.3. The lowest BCUT2D eigenvalue weighted by Crippen LogP contribution is -2.75. The van der Waals surface area contributed by atoms with E-state index >= 15 is 0 Å². The van der Waals surface area contributed by atoms with Crippen LogP contribution < -0.4 is 11.5 Å². The number of hydrogen-bond acceptors (Lipinski definition) is 8. The van der Waals surface area contributed by atoms with Crippen molar-refractivity contribution in [3.8, 4) is 0 Å². The Morgan fingerprint density at radius 3 is 1.48 bits per heavy atom. The third kappa shape index (κ3) is 9.03. The third-order valence-corrected chi connectivity index (χ3v) is 4.08. The minimum absolute atomic E-state index is 0.0560. The van der Waals surface area contributed by atoms with Gasteiger partial charge in [-0.1, -0.05) is 0 Å². The van der Waals surface area contributed by atoms with Crippen molar-refractivity contribution in [3.05, 3.63) is 0 Å². The van der Waals surface area contributed by atoms with Gasteiger partial charge in [-0.05, 0) is 25.7 Å². The molecule has 6 N–H and O–H groups in total. The number of rotatable bonds is 16. The van der Waals surface area contributed by atoms with Crippen LogP contribution >= 0.6 is 0 Å². The number of carbonyl (C=O) groups is 4. The third-order valence-electron chi connectivity index (χ3n) is 4.08. The molecular weight excluding hydrogens is 474 g/mol. The van der Waals surface area contributed by atoms with E-state index in [1.165, 1.54) is 0 Å². The molecule has 0 saturated heterocycles. The number of esters is 2. The number of alkyl halides is 6. The Labute approximate surface area is 183 Å². The molecule has 33 heavy (non-hydrogen) atoms. The van der Waals surface area contributed by atoms with Crippen LogP contribution in [0, 0.1) is 0 Å². The maximum absolute atomic E-state index is 14.1. The standard InChI is InChI=1S/C17H24F6N2O8/c18-14(19,9-32-12(30)7-3-1-5-10(26)27)15(20,21)16(22,23)17(24,25)33-13(31)8-4-2-6-11(28)29/h1-9,24-25H2,(H,26,27)(H,28,29). The summed E-state index contributed by atoms with van der Waals surface area (Å²) in [6, 6.07) is 0. The Kier molecular flexibility index (Phi) is 11.1. The SMILES string of the molecule is NC(N)(OC(=O)CCCCC(=O)O)C(F)(F)C(F)(F)C(F)(F)COC(=O)CCCCC(=O)O. The lowest BCUT2D eigenvalue weighted by molar-refractivity contribution is -0.359. The van der Waals surface area contributed by atoms with Crippen LogP contribution in [-0.2, 0) is 28.7 Å². The van der Waals surface area contributed by atoms with Gasteiger partial charge in [0.15, 0.2) is 6.61 Å². The summed E-state index contributed by atoms with van der Waals surface area (Å²) < 4.78 is 91.7. The zero-order valence-corrected chi connectivity index (χ0v) is 17.1. The fraction of sp³-hybridized carbons (Fsp3) is 0.765. The van der Waals surface area contributed by atoms with Crippen LogP contribution in [0.3, 0.4) is 0 Å². The van der Waals surface area contributed by atoms with Crippen molar-refractivity contribution in [2.75, 3.05) is 6.61 Å². The molecule has 0 amide bonds. The van der Waals surface area contributed by atoms with Gasteiger partial charge < -0.3 is 19.7 Å². The Balaban J connectivity index is 5.04. The average Bonchev–Trinajstić information content (AvgIpc) is 2.66. The molecule has 0 bridgehead atoms. The molecule has 0 heterocycles. The summed E-state index contributed by atoms with van der Waals surface area (Å²) in [5.74, 6) is -28.1. The van der Waals surface area contributed by atoms with Crippen LogP contribution in [0.1, 0.15) is 51.4 Å². The van der Waals surface area contributed by atoms with Crippen molar-refractivity contribution in [1.29, 1.82) is 0 Å². The number of carboxylic acid groups (broad SMARTS) is 2. The van der Waals surface area contributed by atoms with E-state index in [9.17, 15) is 45.5 Å². The van der Waals surface area contributed by atoms with Gasteiger partial charge in [0.1, 0.15) is 0 Å². The van der Waals surface area contributed by atoms with Crippen molar-refractivity contribution >= 4 is 23.9 Å². The minimum atomic E-state index is -6.35. The van der Waals surface area contributed by atoms with Gasteiger partial charge in [-0.3, -0.25) is 30.6 Å². The van der Waals surface area contributed by atoms with Gasteiger partial charge in [0.05, 0.1) is 0 Å². The van der Waals surface area contributed by atoms with E-state index in [0.29, 0.717) is 0 Å². The smallest absolute Gasteiger partial charge is 0.382 e. The number of carbonyl (C=O) groups excluding carboxylic acids is 2. The van der Waals surface area contributed by atoms with Gasteiger partial charge in [0.25, 0.3) is 5.85 Å². The highest BCUT2D eigenvalue weighted by Gasteiger charge is 2.79.